The van der Waals surface area contributed by atoms with Crippen LogP contribution in [-0.4, -0.2) is 20.0 Å². The molecule has 1 amide bonds. The van der Waals surface area contributed by atoms with Crippen molar-refractivity contribution in [3.8, 4) is 0 Å². The second kappa shape index (κ2) is 10.0. The lowest BCUT2D eigenvalue weighted by Gasteiger charge is -2.11. The lowest BCUT2D eigenvalue weighted by Crippen LogP contribution is -2.22. The van der Waals surface area contributed by atoms with Crippen LogP contribution in [0.15, 0.2) is 30.3 Å². The van der Waals surface area contributed by atoms with Gasteiger partial charge in [-0.3, -0.25) is 9.69 Å². The normalized spacial score (nSPS) is 10.8. The number of aromatic nitrogens is 1. The second-order valence-electron chi connectivity index (χ2n) is 6.93. The van der Waals surface area contributed by atoms with Gasteiger partial charge in [-0.05, 0) is 18.6 Å². The number of hydrogen-bond donors (Lipinski definition) is 1. The molecule has 25 heavy (non-hydrogen) atoms. The molecular weight excluding hydrogens is 310 g/mol. The van der Waals surface area contributed by atoms with Gasteiger partial charge >= 0.3 is 0 Å². The van der Waals surface area contributed by atoms with Crippen LogP contribution in [0.25, 0.3) is 10.9 Å². The Morgan fingerprint density at radius 2 is 1.72 bits per heavy atom. The Morgan fingerprint density at radius 1 is 1.04 bits per heavy atom. The minimum Gasteiger partial charge on any atom is -0.325 e. The highest BCUT2D eigenvalue weighted by Crippen LogP contribution is 2.24. The van der Waals surface area contributed by atoms with Crippen LogP contribution in [0.4, 0.5) is 11.5 Å². The third-order valence-electron chi connectivity index (χ3n) is 4.52. The number of aromatic amines is 1. The lowest BCUT2D eigenvalue weighted by molar-refractivity contribution is -0.329. The molecule has 1 aromatic heterocycles. The average molecular weight is 343 g/mol. The molecule has 0 atom stereocenters. The van der Waals surface area contributed by atoms with E-state index in [1.165, 1.54) is 32.1 Å². The summed E-state index contributed by atoms with van der Waals surface area (Å²) in [6.45, 7) is 2.23. The highest BCUT2D eigenvalue weighted by Gasteiger charge is 2.13. The second-order valence-corrected chi connectivity index (χ2v) is 6.93. The summed E-state index contributed by atoms with van der Waals surface area (Å²) in [5, 5.41) is 4.15. The first kappa shape index (κ1) is 19.2. The molecule has 0 aliphatic heterocycles. The van der Waals surface area contributed by atoms with Gasteiger partial charge in [0.05, 0.1) is 25.8 Å². The number of hydrogen-bond acceptors (Lipinski definition) is 2. The van der Waals surface area contributed by atoms with Crippen molar-refractivity contribution in [2.75, 3.05) is 24.3 Å². The van der Waals surface area contributed by atoms with Crippen molar-refractivity contribution in [3.05, 3.63) is 30.3 Å². The van der Waals surface area contributed by atoms with Crippen LogP contribution in [0.5, 0.6) is 0 Å². The molecule has 0 bridgehead atoms. The first-order chi connectivity index (χ1) is 12.1. The van der Waals surface area contributed by atoms with Crippen molar-refractivity contribution in [3.63, 3.8) is 0 Å². The van der Waals surface area contributed by atoms with Gasteiger partial charge in [0.25, 0.3) is 5.82 Å². The van der Waals surface area contributed by atoms with Crippen molar-refractivity contribution in [2.24, 2.45) is 0 Å². The third-order valence-corrected chi connectivity index (χ3v) is 4.52. The first-order valence-corrected chi connectivity index (χ1v) is 9.54. The molecule has 0 saturated carbocycles. The molecule has 0 fully saturated rings. The number of rotatable bonds is 10. The summed E-state index contributed by atoms with van der Waals surface area (Å²) < 4.78 is 0. The molecule has 0 radical (unpaired) electrons. The largest absolute Gasteiger partial charge is 0.325 e. The molecule has 0 unspecified atom stereocenters. The predicted octanol–water partition coefficient (Wildman–Crippen LogP) is 4.80. The Morgan fingerprint density at radius 3 is 2.44 bits per heavy atom. The number of nitrogens with one attached hydrogen (secondary N) is 2. The van der Waals surface area contributed by atoms with Gasteiger partial charge in [-0.1, -0.05) is 57.6 Å². The number of carbonyl (C=O) groups excluding carboxylic acids is 1. The van der Waals surface area contributed by atoms with Crippen LogP contribution in [0.1, 0.15) is 58.3 Å². The molecule has 2 rings (SSSR count). The van der Waals surface area contributed by atoms with Gasteiger partial charge in [-0.15, -0.1) is 0 Å². The molecule has 0 aliphatic rings. The topological polar surface area (TPSA) is 46.5 Å². The number of amides is 1. The standard InChI is InChI=1S/C21H31N3O/c1-4-5-6-7-8-9-10-15-21(25)23-19-16-20(24(2)3)22-18-14-12-11-13-17(18)19/h11-14,16H,4-10,15H2,1-3H3,(H,22,23,25)/p+1. The molecule has 4 heteroatoms. The summed E-state index contributed by atoms with van der Waals surface area (Å²) in [5.41, 5.74) is 1.91. The Balaban J connectivity index is 1.91. The monoisotopic (exact) mass is 342 g/mol. The zero-order valence-electron chi connectivity index (χ0n) is 15.9. The van der Waals surface area contributed by atoms with Gasteiger partial charge < -0.3 is 5.32 Å². The number of para-hydroxylation sites is 1. The van der Waals surface area contributed by atoms with Crippen molar-refractivity contribution in [1.29, 1.82) is 0 Å². The summed E-state index contributed by atoms with van der Waals surface area (Å²) in [4.78, 5) is 17.7. The number of anilines is 2. The SMILES string of the molecule is CCCCCCCCCC(=O)Nc1cc(N(C)C)[nH+]c2ccccc12. The molecule has 0 aliphatic carbocycles. The molecule has 2 N–H and O–H groups in total. The maximum absolute atomic E-state index is 12.3. The summed E-state index contributed by atoms with van der Waals surface area (Å²) in [7, 11) is 3.98. The van der Waals surface area contributed by atoms with Gasteiger partial charge in [0.15, 0.2) is 0 Å². The Labute approximate surface area is 151 Å². The van der Waals surface area contributed by atoms with Crippen molar-refractivity contribution in [2.45, 2.75) is 58.3 Å². The van der Waals surface area contributed by atoms with E-state index in [0.717, 1.165) is 35.2 Å². The van der Waals surface area contributed by atoms with Crippen LogP contribution < -0.4 is 15.2 Å². The number of H-pyrrole nitrogens is 1. The summed E-state index contributed by atoms with van der Waals surface area (Å²) in [5.74, 6) is 1.08. The minimum atomic E-state index is 0.106. The van der Waals surface area contributed by atoms with Crippen molar-refractivity contribution < 1.29 is 9.78 Å². The molecular formula is C21H32N3O+. The molecule has 136 valence electrons. The molecule has 0 saturated heterocycles. The van der Waals surface area contributed by atoms with Crippen LogP contribution in [0.2, 0.25) is 0 Å². The van der Waals surface area contributed by atoms with E-state index < -0.39 is 0 Å². The zero-order chi connectivity index (χ0) is 18.1. The van der Waals surface area contributed by atoms with E-state index in [2.05, 4.69) is 17.2 Å². The van der Waals surface area contributed by atoms with Crippen molar-refractivity contribution >= 4 is 28.3 Å². The third kappa shape index (κ3) is 6.04. The van der Waals surface area contributed by atoms with Gasteiger partial charge in [-0.25, -0.2) is 4.98 Å². The van der Waals surface area contributed by atoms with Crippen LogP contribution >= 0.6 is 0 Å². The predicted molar refractivity (Wildman–Crippen MR) is 106 cm³/mol. The van der Waals surface area contributed by atoms with E-state index in [4.69, 9.17) is 0 Å². The highest BCUT2D eigenvalue weighted by atomic mass is 16.1. The van der Waals surface area contributed by atoms with E-state index in [9.17, 15) is 4.79 Å². The molecule has 1 aromatic carbocycles. The number of fused-ring (bicyclic) bond motifs is 1. The van der Waals surface area contributed by atoms with E-state index in [1.807, 2.05) is 49.3 Å². The molecule has 1 heterocycles. The summed E-state index contributed by atoms with van der Waals surface area (Å²) >= 11 is 0. The molecule has 2 aromatic rings. The maximum Gasteiger partial charge on any atom is 0.276 e. The number of carbonyl (C=O) groups is 1. The minimum absolute atomic E-state index is 0.106. The summed E-state index contributed by atoms with van der Waals surface area (Å²) in [6.07, 6.45) is 9.16. The zero-order valence-corrected chi connectivity index (χ0v) is 15.9. The first-order valence-electron chi connectivity index (χ1n) is 9.54. The smallest absolute Gasteiger partial charge is 0.276 e. The van der Waals surface area contributed by atoms with Gasteiger partial charge in [0.1, 0.15) is 5.52 Å². The average Bonchev–Trinajstić information content (AvgIpc) is 2.60. The number of nitrogens with zero attached hydrogens (tertiary/aromatic N) is 1. The fraction of sp³-hybridized carbons (Fsp3) is 0.524. The Kier molecular flexibility index (Phi) is 7.71. The summed E-state index contributed by atoms with van der Waals surface area (Å²) in [6, 6.07) is 10.1. The maximum atomic E-state index is 12.3. The van der Waals surface area contributed by atoms with Crippen LogP contribution in [0, 0.1) is 0 Å². The van der Waals surface area contributed by atoms with Crippen LogP contribution in [-0.2, 0) is 4.79 Å². The number of benzene rings is 1. The highest BCUT2D eigenvalue weighted by molar-refractivity contribution is 6.00. The molecule has 0 spiro atoms. The van der Waals surface area contributed by atoms with E-state index in [1.54, 1.807) is 0 Å². The van der Waals surface area contributed by atoms with E-state index in [-0.39, 0.29) is 5.91 Å². The molecule has 4 nitrogen and oxygen atoms in total. The lowest BCUT2D eigenvalue weighted by atomic mass is 10.1. The van der Waals surface area contributed by atoms with E-state index in [0.29, 0.717) is 6.42 Å². The quantitative estimate of drug-likeness (QED) is 0.630. The fourth-order valence-corrected chi connectivity index (χ4v) is 3.02. The van der Waals surface area contributed by atoms with Gasteiger partial charge in [0, 0.05) is 11.8 Å². The Hall–Kier alpha value is -2.10. The van der Waals surface area contributed by atoms with E-state index >= 15 is 0 Å². The Bertz CT molecular complexity index is 682. The number of unbranched alkanes of at least 4 members (excludes halogenated alkanes) is 6. The van der Waals surface area contributed by atoms with Gasteiger partial charge in [-0.2, -0.15) is 0 Å². The fourth-order valence-electron chi connectivity index (χ4n) is 3.02. The van der Waals surface area contributed by atoms with Gasteiger partial charge in [0.2, 0.25) is 5.91 Å². The number of pyridine rings is 1. The van der Waals surface area contributed by atoms with Crippen molar-refractivity contribution in [1.82, 2.24) is 0 Å². The van der Waals surface area contributed by atoms with Crippen LogP contribution in [0.3, 0.4) is 0 Å².